The molecular formula is C19H21ClN6O2. The van der Waals surface area contributed by atoms with Crippen LogP contribution in [0.2, 0.25) is 5.02 Å². The molecule has 28 heavy (non-hydrogen) atoms. The second-order valence-corrected chi connectivity index (χ2v) is 7.33. The number of rotatable bonds is 4. The van der Waals surface area contributed by atoms with Gasteiger partial charge < -0.3 is 9.64 Å². The normalized spacial score (nSPS) is 16.6. The van der Waals surface area contributed by atoms with Gasteiger partial charge in [-0.3, -0.25) is 14.5 Å². The Morgan fingerprint density at radius 3 is 2.86 bits per heavy atom. The molecule has 1 fully saturated rings. The first-order valence-electron chi connectivity index (χ1n) is 9.04. The molecule has 1 aliphatic heterocycles. The Bertz CT molecular complexity index is 1080. The minimum Gasteiger partial charge on any atom is -0.487 e. The standard InChI is InChI=1S/C19H21ClN6O2/c1-11-17(12(2)25(3)24-11)13-6-15(8-21-7-13)28-14-4-5-26(10-14)16-9-22-23-19(27)18(16)20/h6-9,14H,4-5,10H2,1-3H3,(H,23,27)/t14-/m1/s1. The molecule has 0 saturated carbocycles. The maximum Gasteiger partial charge on any atom is 0.285 e. The van der Waals surface area contributed by atoms with Crippen LogP contribution in [0.5, 0.6) is 5.75 Å². The maximum atomic E-state index is 11.7. The molecule has 0 aromatic carbocycles. The highest BCUT2D eigenvalue weighted by atomic mass is 35.5. The van der Waals surface area contributed by atoms with E-state index in [1.165, 1.54) is 0 Å². The highest BCUT2D eigenvalue weighted by Gasteiger charge is 2.27. The topological polar surface area (TPSA) is 88.9 Å². The van der Waals surface area contributed by atoms with E-state index in [0.717, 1.165) is 35.5 Å². The quantitative estimate of drug-likeness (QED) is 0.723. The number of anilines is 1. The van der Waals surface area contributed by atoms with Crippen LogP contribution < -0.4 is 15.2 Å². The van der Waals surface area contributed by atoms with Crippen LogP contribution in [0.25, 0.3) is 11.1 Å². The summed E-state index contributed by atoms with van der Waals surface area (Å²) in [6.07, 6.45) is 5.91. The summed E-state index contributed by atoms with van der Waals surface area (Å²) >= 11 is 6.12. The van der Waals surface area contributed by atoms with Crippen molar-refractivity contribution in [2.24, 2.45) is 7.05 Å². The Kier molecular flexibility index (Phi) is 4.80. The monoisotopic (exact) mass is 400 g/mol. The third-order valence-electron chi connectivity index (χ3n) is 5.08. The number of nitrogens with one attached hydrogen (secondary N) is 1. The number of pyridine rings is 1. The van der Waals surface area contributed by atoms with Gasteiger partial charge in [0.2, 0.25) is 0 Å². The number of ether oxygens (including phenoxy) is 1. The fraction of sp³-hybridized carbons (Fsp3) is 0.368. The first-order valence-corrected chi connectivity index (χ1v) is 9.42. The van der Waals surface area contributed by atoms with E-state index in [1.54, 1.807) is 12.4 Å². The van der Waals surface area contributed by atoms with Crippen molar-refractivity contribution >= 4 is 17.3 Å². The minimum atomic E-state index is -0.386. The Morgan fingerprint density at radius 2 is 2.11 bits per heavy atom. The smallest absolute Gasteiger partial charge is 0.285 e. The summed E-state index contributed by atoms with van der Waals surface area (Å²) in [4.78, 5) is 18.0. The summed E-state index contributed by atoms with van der Waals surface area (Å²) in [5, 5.41) is 10.8. The number of aromatic amines is 1. The van der Waals surface area contributed by atoms with E-state index in [9.17, 15) is 4.79 Å². The van der Waals surface area contributed by atoms with Crippen molar-refractivity contribution in [2.45, 2.75) is 26.4 Å². The summed E-state index contributed by atoms with van der Waals surface area (Å²) in [6, 6.07) is 1.99. The Balaban J connectivity index is 1.51. The van der Waals surface area contributed by atoms with Gasteiger partial charge in [-0.1, -0.05) is 11.6 Å². The molecule has 0 amide bonds. The number of hydrogen-bond donors (Lipinski definition) is 1. The van der Waals surface area contributed by atoms with Gasteiger partial charge in [0.1, 0.15) is 16.9 Å². The van der Waals surface area contributed by atoms with Gasteiger partial charge in [-0.15, -0.1) is 0 Å². The average molecular weight is 401 g/mol. The van der Waals surface area contributed by atoms with E-state index in [2.05, 4.69) is 20.3 Å². The van der Waals surface area contributed by atoms with Crippen molar-refractivity contribution in [3.05, 3.63) is 51.4 Å². The van der Waals surface area contributed by atoms with Crippen molar-refractivity contribution in [1.29, 1.82) is 0 Å². The molecule has 8 nitrogen and oxygen atoms in total. The van der Waals surface area contributed by atoms with Gasteiger partial charge in [-0.2, -0.15) is 10.2 Å². The van der Waals surface area contributed by atoms with E-state index in [0.29, 0.717) is 18.0 Å². The fourth-order valence-electron chi connectivity index (χ4n) is 3.64. The third kappa shape index (κ3) is 3.35. The Labute approximate surface area is 167 Å². The highest BCUT2D eigenvalue weighted by molar-refractivity contribution is 6.33. The number of halogens is 1. The molecule has 146 valence electrons. The van der Waals surface area contributed by atoms with E-state index in [-0.39, 0.29) is 16.7 Å². The van der Waals surface area contributed by atoms with Crippen molar-refractivity contribution in [3.8, 4) is 16.9 Å². The van der Waals surface area contributed by atoms with Crippen LogP contribution in [0.3, 0.4) is 0 Å². The molecule has 4 heterocycles. The van der Waals surface area contributed by atoms with Gasteiger partial charge in [-0.25, -0.2) is 5.10 Å². The van der Waals surface area contributed by atoms with Gasteiger partial charge in [0.25, 0.3) is 5.56 Å². The zero-order valence-electron chi connectivity index (χ0n) is 15.9. The van der Waals surface area contributed by atoms with Crippen molar-refractivity contribution in [3.63, 3.8) is 0 Å². The van der Waals surface area contributed by atoms with Crippen LogP contribution in [0.1, 0.15) is 17.8 Å². The predicted octanol–water partition coefficient (Wildman–Crippen LogP) is 2.49. The number of nitrogens with zero attached hydrogens (tertiary/aromatic N) is 5. The third-order valence-corrected chi connectivity index (χ3v) is 5.44. The Hall–Kier alpha value is -2.87. The van der Waals surface area contributed by atoms with E-state index in [4.69, 9.17) is 16.3 Å². The lowest BCUT2D eigenvalue weighted by atomic mass is 10.1. The predicted molar refractivity (Wildman–Crippen MR) is 107 cm³/mol. The van der Waals surface area contributed by atoms with Crippen molar-refractivity contribution < 1.29 is 4.74 Å². The minimum absolute atomic E-state index is 0.0245. The van der Waals surface area contributed by atoms with Gasteiger partial charge >= 0.3 is 0 Å². The number of hydrogen-bond acceptors (Lipinski definition) is 6. The highest BCUT2D eigenvalue weighted by Crippen LogP contribution is 2.30. The van der Waals surface area contributed by atoms with E-state index >= 15 is 0 Å². The van der Waals surface area contributed by atoms with Crippen LogP contribution in [-0.2, 0) is 7.05 Å². The zero-order valence-corrected chi connectivity index (χ0v) is 16.7. The SMILES string of the molecule is Cc1nn(C)c(C)c1-c1cncc(O[C@@H]2CCN(c3cn[nH]c(=O)c3Cl)C2)c1. The summed E-state index contributed by atoms with van der Waals surface area (Å²) in [5.41, 5.74) is 4.35. The number of H-pyrrole nitrogens is 1. The van der Waals surface area contributed by atoms with Gasteiger partial charge in [0.05, 0.1) is 30.3 Å². The largest absolute Gasteiger partial charge is 0.487 e. The summed E-state index contributed by atoms with van der Waals surface area (Å²) in [5.74, 6) is 0.710. The van der Waals surface area contributed by atoms with Crippen LogP contribution in [-0.4, -0.2) is 44.2 Å². The zero-order chi connectivity index (χ0) is 19.8. The van der Waals surface area contributed by atoms with Crippen LogP contribution in [0.15, 0.2) is 29.5 Å². The lowest BCUT2D eigenvalue weighted by Crippen LogP contribution is -2.26. The van der Waals surface area contributed by atoms with Crippen LogP contribution >= 0.6 is 11.6 Å². The molecule has 0 radical (unpaired) electrons. The maximum absolute atomic E-state index is 11.7. The first kappa shape index (κ1) is 18.5. The molecular weight excluding hydrogens is 380 g/mol. The molecule has 3 aromatic heterocycles. The summed E-state index contributed by atoms with van der Waals surface area (Å²) in [6.45, 7) is 5.39. The molecule has 0 spiro atoms. The molecule has 1 N–H and O–H groups in total. The summed E-state index contributed by atoms with van der Waals surface area (Å²) < 4.78 is 8.03. The molecule has 1 atom stereocenters. The van der Waals surface area contributed by atoms with Gasteiger partial charge in [0, 0.05) is 43.0 Å². The molecule has 1 aliphatic rings. The van der Waals surface area contributed by atoms with Crippen LogP contribution in [0, 0.1) is 13.8 Å². The molecule has 3 aromatic rings. The molecule has 0 bridgehead atoms. The molecule has 4 rings (SSSR count). The average Bonchev–Trinajstić information content (AvgIpc) is 3.22. The lowest BCUT2D eigenvalue weighted by Gasteiger charge is -2.19. The van der Waals surface area contributed by atoms with Gasteiger partial charge in [0.15, 0.2) is 0 Å². The van der Waals surface area contributed by atoms with Crippen LogP contribution in [0.4, 0.5) is 5.69 Å². The molecule has 0 unspecified atom stereocenters. The number of aromatic nitrogens is 5. The second-order valence-electron chi connectivity index (χ2n) is 6.95. The van der Waals surface area contributed by atoms with Gasteiger partial charge in [-0.05, 0) is 19.9 Å². The molecule has 9 heteroatoms. The molecule has 1 saturated heterocycles. The fourth-order valence-corrected chi connectivity index (χ4v) is 3.85. The van der Waals surface area contributed by atoms with E-state index in [1.807, 2.05) is 42.7 Å². The van der Waals surface area contributed by atoms with Crippen molar-refractivity contribution in [1.82, 2.24) is 25.0 Å². The number of aryl methyl sites for hydroxylation is 2. The first-order chi connectivity index (χ1) is 13.4. The van der Waals surface area contributed by atoms with E-state index < -0.39 is 0 Å². The Morgan fingerprint density at radius 1 is 1.29 bits per heavy atom. The van der Waals surface area contributed by atoms with Crippen molar-refractivity contribution in [2.75, 3.05) is 18.0 Å². The second kappa shape index (κ2) is 7.27. The summed E-state index contributed by atoms with van der Waals surface area (Å²) in [7, 11) is 1.93. The lowest BCUT2D eigenvalue weighted by molar-refractivity contribution is 0.224. The molecule has 0 aliphatic carbocycles.